The molecule has 0 amide bonds. The number of nitrogens with zero attached hydrogens (tertiary/aromatic N) is 4. The number of aromatic nitrogens is 4. The molecule has 0 aliphatic carbocycles. The summed E-state index contributed by atoms with van der Waals surface area (Å²) in [5.74, 6) is 0. The van der Waals surface area contributed by atoms with E-state index in [4.69, 9.17) is 9.97 Å². The minimum absolute atomic E-state index is 0.936. The summed E-state index contributed by atoms with van der Waals surface area (Å²) in [6, 6.07) is 48.0. The Morgan fingerprint density at radius 1 is 0.229 bits per heavy atom. The normalized spacial score (nSPS) is 11.8. The minimum Gasteiger partial charge on any atom is -0.252 e. The molecule has 0 spiro atoms. The summed E-state index contributed by atoms with van der Waals surface area (Å²) in [5.41, 5.74) is 10.8. The number of fused-ring (bicyclic) bond motifs is 12. The second-order valence-electron chi connectivity index (χ2n) is 12.3. The van der Waals surface area contributed by atoms with Crippen molar-refractivity contribution in [3.63, 3.8) is 0 Å². The lowest BCUT2D eigenvalue weighted by molar-refractivity contribution is 1.31. The standard InChI is InChI=1S/C44H26N4/c1-3-13-35-33(11-1)39-25-31(15-17-37(39)43-41(35)45-19-21-47-43)29-9-5-7-27(23-29)28-8-6-10-30(24-28)32-16-18-38-40(26-32)34-12-2-4-14-36(34)42-44(38)48-22-20-46-42/h1-26H. The number of benzene rings is 8. The molecule has 0 unspecified atom stereocenters. The molecule has 0 saturated carbocycles. The summed E-state index contributed by atoms with van der Waals surface area (Å²) >= 11 is 0. The molecule has 2 aromatic heterocycles. The highest BCUT2D eigenvalue weighted by molar-refractivity contribution is 6.24. The Hall–Kier alpha value is -6.52. The smallest absolute Gasteiger partial charge is 0.0971 e. The van der Waals surface area contributed by atoms with E-state index in [2.05, 4.69) is 143 Å². The third-order valence-corrected chi connectivity index (χ3v) is 9.62. The molecule has 48 heavy (non-hydrogen) atoms. The molecule has 2 heterocycles. The molecule has 0 atom stereocenters. The Labute approximate surface area is 276 Å². The first-order valence-corrected chi connectivity index (χ1v) is 16.1. The van der Waals surface area contributed by atoms with Crippen molar-refractivity contribution < 1.29 is 0 Å². The first-order chi connectivity index (χ1) is 23.8. The van der Waals surface area contributed by atoms with Gasteiger partial charge in [0.05, 0.1) is 22.1 Å². The van der Waals surface area contributed by atoms with Crippen molar-refractivity contribution in [1.29, 1.82) is 0 Å². The zero-order valence-corrected chi connectivity index (χ0v) is 25.8. The Kier molecular flexibility index (Phi) is 5.84. The Balaban J connectivity index is 1.08. The second-order valence-corrected chi connectivity index (χ2v) is 12.3. The number of hydrogen-bond acceptors (Lipinski definition) is 4. The van der Waals surface area contributed by atoms with E-state index >= 15 is 0 Å². The zero-order chi connectivity index (χ0) is 31.6. The molecular formula is C44H26N4. The van der Waals surface area contributed by atoms with Gasteiger partial charge in [0, 0.05) is 46.3 Å². The predicted molar refractivity (Wildman–Crippen MR) is 199 cm³/mol. The van der Waals surface area contributed by atoms with Crippen molar-refractivity contribution in [2.24, 2.45) is 0 Å². The third-order valence-electron chi connectivity index (χ3n) is 9.62. The summed E-state index contributed by atoms with van der Waals surface area (Å²) in [4.78, 5) is 18.8. The van der Waals surface area contributed by atoms with Gasteiger partial charge in [0.2, 0.25) is 0 Å². The monoisotopic (exact) mass is 610 g/mol. The van der Waals surface area contributed by atoms with Crippen LogP contribution in [0, 0.1) is 0 Å². The Morgan fingerprint density at radius 2 is 0.542 bits per heavy atom. The quantitative estimate of drug-likeness (QED) is 0.187. The molecule has 0 bridgehead atoms. The van der Waals surface area contributed by atoms with Crippen LogP contribution in [0.2, 0.25) is 0 Å². The van der Waals surface area contributed by atoms with E-state index in [9.17, 15) is 0 Å². The molecular weight excluding hydrogens is 585 g/mol. The van der Waals surface area contributed by atoms with E-state index in [0.29, 0.717) is 0 Å². The van der Waals surface area contributed by atoms with Gasteiger partial charge < -0.3 is 0 Å². The first-order valence-electron chi connectivity index (χ1n) is 16.1. The van der Waals surface area contributed by atoms with E-state index in [1.165, 1.54) is 54.9 Å². The molecule has 0 N–H and O–H groups in total. The van der Waals surface area contributed by atoms with Gasteiger partial charge in [-0.05, 0) is 79.2 Å². The maximum Gasteiger partial charge on any atom is 0.0971 e. The van der Waals surface area contributed by atoms with Gasteiger partial charge in [0.15, 0.2) is 0 Å². The van der Waals surface area contributed by atoms with Gasteiger partial charge in [-0.15, -0.1) is 0 Å². The Bertz CT molecular complexity index is 2640. The third kappa shape index (κ3) is 4.10. The number of hydrogen-bond donors (Lipinski definition) is 0. The molecule has 4 heteroatoms. The molecule has 4 nitrogen and oxygen atoms in total. The van der Waals surface area contributed by atoms with Gasteiger partial charge in [0.1, 0.15) is 0 Å². The fourth-order valence-corrected chi connectivity index (χ4v) is 7.38. The van der Waals surface area contributed by atoms with Crippen LogP contribution in [0.3, 0.4) is 0 Å². The Morgan fingerprint density at radius 3 is 0.917 bits per heavy atom. The average Bonchev–Trinajstić information content (AvgIpc) is 3.18. The van der Waals surface area contributed by atoms with E-state index in [-0.39, 0.29) is 0 Å². The topological polar surface area (TPSA) is 51.6 Å². The largest absolute Gasteiger partial charge is 0.252 e. The van der Waals surface area contributed by atoms with E-state index in [1.807, 2.05) is 0 Å². The van der Waals surface area contributed by atoms with Gasteiger partial charge in [-0.25, -0.2) is 0 Å². The fourth-order valence-electron chi connectivity index (χ4n) is 7.38. The highest BCUT2D eigenvalue weighted by Crippen LogP contribution is 2.38. The lowest BCUT2D eigenvalue weighted by atomic mass is 9.92. The van der Waals surface area contributed by atoms with E-state index in [1.54, 1.807) is 24.8 Å². The molecule has 0 aliphatic rings. The molecule has 0 saturated heterocycles. The summed E-state index contributed by atoms with van der Waals surface area (Å²) in [6.07, 6.45) is 7.10. The molecule has 8 aromatic carbocycles. The summed E-state index contributed by atoms with van der Waals surface area (Å²) in [7, 11) is 0. The fraction of sp³-hybridized carbons (Fsp3) is 0. The van der Waals surface area contributed by atoms with Gasteiger partial charge in [-0.3, -0.25) is 19.9 Å². The minimum atomic E-state index is 0.936. The van der Waals surface area contributed by atoms with Crippen LogP contribution in [0.25, 0.3) is 98.5 Å². The molecule has 222 valence electrons. The van der Waals surface area contributed by atoms with Gasteiger partial charge >= 0.3 is 0 Å². The van der Waals surface area contributed by atoms with Crippen LogP contribution < -0.4 is 0 Å². The van der Waals surface area contributed by atoms with Crippen molar-refractivity contribution in [3.8, 4) is 33.4 Å². The molecule has 0 fully saturated rings. The SMILES string of the molecule is c1cc(-c2cccc(-c3ccc4c(c3)c3ccccc3c3nccnc43)c2)cc(-c2ccc3c(c2)c2ccccc2c2nccnc32)c1. The van der Waals surface area contributed by atoms with E-state index < -0.39 is 0 Å². The van der Waals surface area contributed by atoms with Crippen LogP contribution in [-0.2, 0) is 0 Å². The van der Waals surface area contributed by atoms with Crippen molar-refractivity contribution in [3.05, 3.63) is 158 Å². The van der Waals surface area contributed by atoms with Gasteiger partial charge in [-0.2, -0.15) is 0 Å². The van der Waals surface area contributed by atoms with Crippen LogP contribution in [-0.4, -0.2) is 19.9 Å². The molecule has 0 radical (unpaired) electrons. The first kappa shape index (κ1) is 26.7. The average molecular weight is 611 g/mol. The predicted octanol–water partition coefficient (Wildman–Crippen LogP) is 11.2. The van der Waals surface area contributed by atoms with Crippen LogP contribution in [0.4, 0.5) is 0 Å². The molecule has 0 aliphatic heterocycles. The van der Waals surface area contributed by atoms with Crippen LogP contribution >= 0.6 is 0 Å². The molecule has 10 aromatic rings. The van der Waals surface area contributed by atoms with Crippen molar-refractivity contribution in [1.82, 2.24) is 19.9 Å². The van der Waals surface area contributed by atoms with Crippen molar-refractivity contribution >= 4 is 65.2 Å². The summed E-state index contributed by atoms with van der Waals surface area (Å²) in [6.45, 7) is 0. The highest BCUT2D eigenvalue weighted by Gasteiger charge is 2.14. The summed E-state index contributed by atoms with van der Waals surface area (Å²) < 4.78 is 0. The van der Waals surface area contributed by atoms with Gasteiger partial charge in [0.25, 0.3) is 0 Å². The number of rotatable bonds is 3. The summed E-state index contributed by atoms with van der Waals surface area (Å²) in [5, 5.41) is 9.23. The maximum absolute atomic E-state index is 4.73. The van der Waals surface area contributed by atoms with Crippen LogP contribution in [0.1, 0.15) is 0 Å². The lowest BCUT2D eigenvalue weighted by Gasteiger charge is -2.12. The maximum atomic E-state index is 4.73. The molecule has 10 rings (SSSR count). The van der Waals surface area contributed by atoms with Gasteiger partial charge in [-0.1, -0.05) is 109 Å². The highest BCUT2D eigenvalue weighted by atomic mass is 14.8. The van der Waals surface area contributed by atoms with Crippen LogP contribution in [0.5, 0.6) is 0 Å². The van der Waals surface area contributed by atoms with E-state index in [0.717, 1.165) is 43.6 Å². The zero-order valence-electron chi connectivity index (χ0n) is 25.8. The van der Waals surface area contributed by atoms with Crippen molar-refractivity contribution in [2.75, 3.05) is 0 Å². The van der Waals surface area contributed by atoms with Crippen LogP contribution in [0.15, 0.2) is 158 Å². The lowest BCUT2D eigenvalue weighted by Crippen LogP contribution is -1.89. The van der Waals surface area contributed by atoms with Crippen molar-refractivity contribution in [2.45, 2.75) is 0 Å². The second kappa shape index (κ2) is 10.5.